The van der Waals surface area contributed by atoms with Crippen LogP contribution in [0.3, 0.4) is 0 Å². The number of carbonyl (C=O) groups is 3. The number of nitro groups is 1. The number of benzene rings is 2. The Balaban J connectivity index is 1.25. The smallest absolute Gasteiger partial charge is 0.293 e. The summed E-state index contributed by atoms with van der Waals surface area (Å²) in [5, 5.41) is 12.8. The minimum absolute atomic E-state index is 0.00637. The molecule has 33 heavy (non-hydrogen) atoms. The van der Waals surface area contributed by atoms with E-state index in [1.807, 2.05) is 0 Å². The van der Waals surface area contributed by atoms with Crippen molar-refractivity contribution in [3.05, 3.63) is 63.0 Å². The second kappa shape index (κ2) is 9.61. The Bertz CT molecular complexity index is 1150. The van der Waals surface area contributed by atoms with Crippen LogP contribution in [0.1, 0.15) is 5.56 Å². The minimum atomic E-state index is -0.536. The first kappa shape index (κ1) is 22.1. The molecule has 2 heterocycles. The number of nitrogens with zero attached hydrogens (tertiary/aromatic N) is 2. The molecule has 0 bridgehead atoms. The van der Waals surface area contributed by atoms with Crippen molar-refractivity contribution in [3.63, 3.8) is 0 Å². The molecule has 1 fully saturated rings. The van der Waals surface area contributed by atoms with E-state index in [-0.39, 0.29) is 37.1 Å². The number of hydrogen-bond acceptors (Lipinski definition) is 9. The molecule has 1 N–H and O–H groups in total. The summed E-state index contributed by atoms with van der Waals surface area (Å²) in [5.41, 5.74) is 0.609. The Hall–Kier alpha value is -4.06. The number of thioether (sulfide) groups is 1. The van der Waals surface area contributed by atoms with Gasteiger partial charge in [-0.1, -0.05) is 6.07 Å². The van der Waals surface area contributed by atoms with E-state index in [0.717, 1.165) is 16.7 Å². The van der Waals surface area contributed by atoms with Crippen molar-refractivity contribution >= 4 is 40.6 Å². The normalized spacial score (nSPS) is 15.8. The lowest BCUT2D eigenvalue weighted by molar-refractivity contribution is -0.384. The van der Waals surface area contributed by atoms with Crippen molar-refractivity contribution in [3.8, 4) is 17.2 Å². The number of amides is 3. The molecule has 170 valence electrons. The summed E-state index contributed by atoms with van der Waals surface area (Å²) < 4.78 is 15.8. The quantitative estimate of drug-likeness (QED) is 0.350. The fraction of sp³-hybridized carbons (Fsp3) is 0.190. The van der Waals surface area contributed by atoms with Gasteiger partial charge in [0.25, 0.3) is 22.7 Å². The van der Waals surface area contributed by atoms with Crippen LogP contribution in [0.2, 0.25) is 0 Å². The van der Waals surface area contributed by atoms with Crippen LogP contribution in [0.4, 0.5) is 10.5 Å². The van der Waals surface area contributed by atoms with Gasteiger partial charge < -0.3 is 19.5 Å². The maximum atomic E-state index is 12.6. The molecule has 2 aliphatic heterocycles. The molecule has 1 saturated heterocycles. The van der Waals surface area contributed by atoms with E-state index in [0.29, 0.717) is 22.8 Å². The molecule has 2 aromatic carbocycles. The third kappa shape index (κ3) is 5.23. The molecule has 2 aromatic rings. The van der Waals surface area contributed by atoms with Crippen LogP contribution < -0.4 is 19.5 Å². The second-order valence-electron chi connectivity index (χ2n) is 6.84. The highest BCUT2D eigenvalue weighted by Gasteiger charge is 2.34. The third-order valence-corrected chi connectivity index (χ3v) is 5.55. The van der Waals surface area contributed by atoms with E-state index in [2.05, 4.69) is 5.32 Å². The maximum Gasteiger partial charge on any atom is 0.293 e. The third-order valence-electron chi connectivity index (χ3n) is 4.64. The fourth-order valence-electron chi connectivity index (χ4n) is 3.02. The minimum Gasteiger partial charge on any atom is -0.484 e. The maximum absolute atomic E-state index is 12.6. The molecular formula is C21H17N3O8S. The molecule has 0 unspecified atom stereocenters. The summed E-state index contributed by atoms with van der Waals surface area (Å²) in [7, 11) is 0. The summed E-state index contributed by atoms with van der Waals surface area (Å²) in [6.07, 6.45) is 1.60. The van der Waals surface area contributed by atoms with Crippen LogP contribution in [0.5, 0.6) is 17.2 Å². The number of nitrogens with one attached hydrogen (secondary N) is 1. The Morgan fingerprint density at radius 3 is 2.70 bits per heavy atom. The lowest BCUT2D eigenvalue weighted by Gasteiger charge is -2.13. The first-order valence-corrected chi connectivity index (χ1v) is 10.5. The van der Waals surface area contributed by atoms with Crippen molar-refractivity contribution in [1.29, 1.82) is 0 Å². The number of hydrogen-bond donors (Lipinski definition) is 1. The number of fused-ring (bicyclic) bond motifs is 1. The molecule has 0 saturated carbocycles. The molecule has 0 aliphatic carbocycles. The number of non-ortho nitro benzene ring substituents is 1. The Kier molecular flexibility index (Phi) is 6.45. The lowest BCUT2D eigenvalue weighted by Crippen LogP contribution is -2.38. The van der Waals surface area contributed by atoms with E-state index in [1.54, 1.807) is 24.3 Å². The van der Waals surface area contributed by atoms with E-state index >= 15 is 0 Å². The summed E-state index contributed by atoms with van der Waals surface area (Å²) in [6.45, 7) is -0.117. The number of nitro benzene ring substituents is 1. The van der Waals surface area contributed by atoms with Crippen LogP contribution in [0.25, 0.3) is 6.08 Å². The zero-order chi connectivity index (χ0) is 23.4. The first-order chi connectivity index (χ1) is 15.9. The monoisotopic (exact) mass is 471 g/mol. The molecule has 0 spiro atoms. The number of ether oxygens (including phenoxy) is 3. The summed E-state index contributed by atoms with van der Waals surface area (Å²) in [4.78, 5) is 48.2. The van der Waals surface area contributed by atoms with Gasteiger partial charge in [-0.05, 0) is 47.7 Å². The van der Waals surface area contributed by atoms with Gasteiger partial charge in [-0.2, -0.15) is 0 Å². The zero-order valence-corrected chi connectivity index (χ0v) is 17.8. The van der Waals surface area contributed by atoms with E-state index in [1.165, 1.54) is 24.3 Å². The summed E-state index contributed by atoms with van der Waals surface area (Å²) in [5.74, 6) is 0.584. The van der Waals surface area contributed by atoms with Crippen LogP contribution in [-0.4, -0.2) is 53.4 Å². The van der Waals surface area contributed by atoms with Crippen LogP contribution >= 0.6 is 11.8 Å². The highest BCUT2D eigenvalue weighted by atomic mass is 32.2. The summed E-state index contributed by atoms with van der Waals surface area (Å²) >= 11 is 0.821. The van der Waals surface area contributed by atoms with Crippen molar-refractivity contribution in [1.82, 2.24) is 10.2 Å². The topological polar surface area (TPSA) is 137 Å². The van der Waals surface area contributed by atoms with Crippen molar-refractivity contribution < 1.29 is 33.5 Å². The van der Waals surface area contributed by atoms with Gasteiger partial charge in [0.1, 0.15) is 5.75 Å². The molecule has 0 aromatic heterocycles. The number of carbonyl (C=O) groups excluding carboxylic acids is 3. The van der Waals surface area contributed by atoms with Crippen molar-refractivity contribution in [2.24, 2.45) is 0 Å². The van der Waals surface area contributed by atoms with E-state index in [9.17, 15) is 24.5 Å². The van der Waals surface area contributed by atoms with Crippen molar-refractivity contribution in [2.45, 2.75) is 0 Å². The van der Waals surface area contributed by atoms with Gasteiger partial charge >= 0.3 is 0 Å². The summed E-state index contributed by atoms with van der Waals surface area (Å²) in [6, 6.07) is 10.5. The molecule has 11 nitrogen and oxygen atoms in total. The highest BCUT2D eigenvalue weighted by molar-refractivity contribution is 8.18. The van der Waals surface area contributed by atoms with Gasteiger partial charge in [-0.15, -0.1) is 0 Å². The predicted molar refractivity (Wildman–Crippen MR) is 117 cm³/mol. The van der Waals surface area contributed by atoms with Crippen LogP contribution in [-0.2, 0) is 9.59 Å². The average molecular weight is 471 g/mol. The van der Waals surface area contributed by atoms with E-state index in [4.69, 9.17) is 14.2 Å². The number of rotatable bonds is 8. The van der Waals surface area contributed by atoms with Crippen LogP contribution in [0, 0.1) is 10.1 Å². The zero-order valence-electron chi connectivity index (χ0n) is 17.0. The highest BCUT2D eigenvalue weighted by Crippen LogP contribution is 2.36. The van der Waals surface area contributed by atoms with Gasteiger partial charge in [-0.25, -0.2) is 0 Å². The largest absolute Gasteiger partial charge is 0.484 e. The molecule has 2 aliphatic rings. The van der Waals surface area contributed by atoms with Gasteiger partial charge in [-0.3, -0.25) is 29.4 Å². The lowest BCUT2D eigenvalue weighted by atomic mass is 10.2. The van der Waals surface area contributed by atoms with Gasteiger partial charge in [0.05, 0.1) is 9.83 Å². The van der Waals surface area contributed by atoms with Gasteiger partial charge in [0.2, 0.25) is 6.79 Å². The Morgan fingerprint density at radius 1 is 1.18 bits per heavy atom. The average Bonchev–Trinajstić information content (AvgIpc) is 3.37. The Morgan fingerprint density at radius 2 is 1.94 bits per heavy atom. The van der Waals surface area contributed by atoms with E-state index < -0.39 is 22.0 Å². The van der Waals surface area contributed by atoms with Gasteiger partial charge in [0, 0.05) is 25.2 Å². The molecule has 0 atom stereocenters. The SMILES string of the molecule is O=C(COc1ccc([N+](=O)[O-])cc1)NCCN1C(=O)S/C(=C\c2ccc3c(c2)OCO3)C1=O. The fourth-order valence-corrected chi connectivity index (χ4v) is 3.88. The first-order valence-electron chi connectivity index (χ1n) is 9.70. The predicted octanol–water partition coefficient (Wildman–Crippen LogP) is 2.56. The Labute approximate surface area is 191 Å². The second-order valence-corrected chi connectivity index (χ2v) is 7.83. The molecule has 0 radical (unpaired) electrons. The molecule has 12 heteroatoms. The van der Waals surface area contributed by atoms with Crippen molar-refractivity contribution in [2.75, 3.05) is 26.5 Å². The molecular weight excluding hydrogens is 454 g/mol. The van der Waals surface area contributed by atoms with Gasteiger partial charge in [0.15, 0.2) is 18.1 Å². The molecule has 3 amide bonds. The molecule has 4 rings (SSSR count). The number of imide groups is 1. The standard InChI is InChI=1S/C21H17N3O8S/c25-19(11-30-15-4-2-14(3-5-15)24(28)29)22-7-8-23-20(26)18(33-21(23)27)10-13-1-6-16-17(9-13)32-12-31-16/h1-6,9-10H,7-8,11-12H2,(H,22,25)/b18-10-. The van der Waals surface area contributed by atoms with Crippen LogP contribution in [0.15, 0.2) is 47.4 Å².